The van der Waals surface area contributed by atoms with Crippen LogP contribution in [0, 0.1) is 11.8 Å². The van der Waals surface area contributed by atoms with Gasteiger partial charge in [-0.2, -0.15) is 0 Å². The molecule has 0 saturated heterocycles. The smallest absolute Gasteiger partial charge is 0.317 e. The molecular weight excluding hydrogens is 256 g/mol. The van der Waals surface area contributed by atoms with Crippen molar-refractivity contribution in [3.63, 3.8) is 0 Å². The second kappa shape index (κ2) is 10.5. The van der Waals surface area contributed by atoms with E-state index in [9.17, 15) is 9.59 Å². The molecule has 0 aromatic carbocycles. The Kier molecular flexibility index (Phi) is 9.86. The number of carbonyl (C=O) groups excluding carboxylic acids is 1. The lowest BCUT2D eigenvalue weighted by molar-refractivity contribution is -0.138. The molecule has 0 heterocycles. The zero-order valence-corrected chi connectivity index (χ0v) is 13.3. The predicted molar refractivity (Wildman–Crippen MR) is 80.8 cm³/mol. The van der Waals surface area contributed by atoms with Gasteiger partial charge in [-0.3, -0.25) is 4.79 Å². The third kappa shape index (κ3) is 8.77. The lowest BCUT2D eigenvalue weighted by Gasteiger charge is -2.24. The van der Waals surface area contributed by atoms with E-state index in [4.69, 9.17) is 5.11 Å². The Morgan fingerprint density at radius 1 is 1.15 bits per heavy atom. The summed E-state index contributed by atoms with van der Waals surface area (Å²) in [6.07, 6.45) is 2.78. The topological polar surface area (TPSA) is 69.6 Å². The molecule has 0 aromatic rings. The number of aliphatic carboxylic acids is 1. The molecule has 0 rings (SSSR count). The average Bonchev–Trinajstić information content (AvgIpc) is 2.34. The zero-order chi connectivity index (χ0) is 15.5. The minimum absolute atomic E-state index is 0.00144. The monoisotopic (exact) mass is 286 g/mol. The van der Waals surface area contributed by atoms with E-state index in [1.807, 2.05) is 13.8 Å². The molecule has 0 unspecified atom stereocenters. The fraction of sp³-hybridized carbons (Fsp3) is 0.867. The third-order valence-corrected chi connectivity index (χ3v) is 3.08. The average molecular weight is 286 g/mol. The van der Waals surface area contributed by atoms with Gasteiger partial charge < -0.3 is 15.3 Å². The summed E-state index contributed by atoms with van der Waals surface area (Å²) in [6, 6.07) is -0.0761. The van der Waals surface area contributed by atoms with Crippen LogP contribution in [0.2, 0.25) is 0 Å². The lowest BCUT2D eigenvalue weighted by Crippen LogP contribution is -2.43. The number of nitrogens with zero attached hydrogens (tertiary/aromatic N) is 1. The summed E-state index contributed by atoms with van der Waals surface area (Å²) in [6.45, 7) is 10.1. The van der Waals surface area contributed by atoms with E-state index >= 15 is 0 Å². The first kappa shape index (κ1) is 18.7. The van der Waals surface area contributed by atoms with E-state index in [2.05, 4.69) is 19.2 Å². The van der Waals surface area contributed by atoms with Crippen LogP contribution in [0.15, 0.2) is 0 Å². The number of hydrogen-bond acceptors (Lipinski definition) is 2. The van der Waals surface area contributed by atoms with Gasteiger partial charge in [0.25, 0.3) is 0 Å². The number of carbonyl (C=O) groups is 2. The summed E-state index contributed by atoms with van der Waals surface area (Å²) in [5.74, 6) is -0.371. The SMILES string of the molecule is CCCN(CCC)C(=O)NC[C@H](CC(=O)O)CC(C)C. The molecule has 2 N–H and O–H groups in total. The summed E-state index contributed by atoms with van der Waals surface area (Å²) in [5, 5.41) is 11.8. The number of carboxylic acid groups (broad SMARTS) is 1. The van der Waals surface area contributed by atoms with Gasteiger partial charge in [0.15, 0.2) is 0 Å². The number of carboxylic acids is 1. The van der Waals surface area contributed by atoms with Gasteiger partial charge in [-0.25, -0.2) is 4.79 Å². The van der Waals surface area contributed by atoms with E-state index in [0.29, 0.717) is 12.5 Å². The van der Waals surface area contributed by atoms with Crippen molar-refractivity contribution in [1.82, 2.24) is 10.2 Å². The molecule has 2 amide bonds. The van der Waals surface area contributed by atoms with E-state index in [-0.39, 0.29) is 18.4 Å². The molecule has 0 bridgehead atoms. The fourth-order valence-corrected chi connectivity index (χ4v) is 2.35. The van der Waals surface area contributed by atoms with Gasteiger partial charge in [-0.15, -0.1) is 0 Å². The first-order valence-electron chi connectivity index (χ1n) is 7.65. The van der Waals surface area contributed by atoms with Crippen LogP contribution in [0.3, 0.4) is 0 Å². The van der Waals surface area contributed by atoms with Gasteiger partial charge in [0.05, 0.1) is 0 Å². The van der Waals surface area contributed by atoms with E-state index in [1.54, 1.807) is 4.90 Å². The fourth-order valence-electron chi connectivity index (χ4n) is 2.35. The molecule has 0 aliphatic carbocycles. The van der Waals surface area contributed by atoms with Crippen LogP contribution >= 0.6 is 0 Å². The molecule has 0 aliphatic rings. The van der Waals surface area contributed by atoms with Gasteiger partial charge in [0.2, 0.25) is 0 Å². The van der Waals surface area contributed by atoms with Crippen LogP contribution in [0.4, 0.5) is 4.79 Å². The minimum atomic E-state index is -0.802. The molecule has 0 aliphatic heterocycles. The highest BCUT2D eigenvalue weighted by Crippen LogP contribution is 2.14. The second-order valence-corrected chi connectivity index (χ2v) is 5.77. The second-order valence-electron chi connectivity index (χ2n) is 5.77. The molecule has 20 heavy (non-hydrogen) atoms. The van der Waals surface area contributed by atoms with Gasteiger partial charge in [0, 0.05) is 26.1 Å². The van der Waals surface area contributed by atoms with Crippen LogP contribution in [0.5, 0.6) is 0 Å². The minimum Gasteiger partial charge on any atom is -0.481 e. The van der Waals surface area contributed by atoms with Crippen molar-refractivity contribution in [2.24, 2.45) is 11.8 Å². The van der Waals surface area contributed by atoms with Crippen LogP contribution in [-0.2, 0) is 4.79 Å². The highest BCUT2D eigenvalue weighted by molar-refractivity contribution is 5.74. The first-order valence-corrected chi connectivity index (χ1v) is 7.65. The molecule has 1 atom stereocenters. The Bertz CT molecular complexity index is 287. The van der Waals surface area contributed by atoms with Crippen molar-refractivity contribution in [3.05, 3.63) is 0 Å². The summed E-state index contributed by atoms with van der Waals surface area (Å²) >= 11 is 0. The quantitative estimate of drug-likeness (QED) is 0.648. The van der Waals surface area contributed by atoms with Crippen LogP contribution < -0.4 is 5.32 Å². The molecular formula is C15H30N2O3. The van der Waals surface area contributed by atoms with E-state index in [0.717, 1.165) is 32.4 Å². The van der Waals surface area contributed by atoms with Crippen LogP contribution in [0.1, 0.15) is 53.4 Å². The predicted octanol–water partition coefficient (Wildman–Crippen LogP) is 2.96. The van der Waals surface area contributed by atoms with Crippen molar-refractivity contribution in [1.29, 1.82) is 0 Å². The molecule has 5 heteroatoms. The van der Waals surface area contributed by atoms with Crippen molar-refractivity contribution in [2.45, 2.75) is 53.4 Å². The highest BCUT2D eigenvalue weighted by Gasteiger charge is 2.18. The molecule has 0 aromatic heterocycles. The third-order valence-electron chi connectivity index (χ3n) is 3.08. The standard InChI is InChI=1S/C15H30N2O3/c1-5-7-17(8-6-2)15(20)16-11-13(9-12(3)4)10-14(18)19/h12-13H,5-11H2,1-4H3,(H,16,20)(H,18,19)/t13-/m0/s1. The lowest BCUT2D eigenvalue weighted by atomic mass is 9.94. The molecule has 0 fully saturated rings. The normalized spacial score (nSPS) is 12.2. The number of rotatable bonds is 10. The van der Waals surface area contributed by atoms with Gasteiger partial charge in [-0.1, -0.05) is 27.7 Å². The van der Waals surface area contributed by atoms with E-state index in [1.165, 1.54) is 0 Å². The molecule has 0 saturated carbocycles. The molecule has 118 valence electrons. The zero-order valence-electron chi connectivity index (χ0n) is 13.3. The molecule has 5 nitrogen and oxygen atoms in total. The summed E-state index contributed by atoms with van der Waals surface area (Å²) in [4.78, 5) is 24.7. The van der Waals surface area contributed by atoms with Crippen LogP contribution in [0.25, 0.3) is 0 Å². The number of amides is 2. The summed E-state index contributed by atoms with van der Waals surface area (Å²) < 4.78 is 0. The summed E-state index contributed by atoms with van der Waals surface area (Å²) in [7, 11) is 0. The Morgan fingerprint density at radius 3 is 2.10 bits per heavy atom. The van der Waals surface area contributed by atoms with Gasteiger partial charge in [0.1, 0.15) is 0 Å². The maximum atomic E-state index is 12.1. The first-order chi connectivity index (χ1) is 9.40. The van der Waals surface area contributed by atoms with Crippen molar-refractivity contribution in [2.75, 3.05) is 19.6 Å². The molecule has 0 radical (unpaired) electrons. The Labute approximate surface area is 122 Å². The van der Waals surface area contributed by atoms with E-state index < -0.39 is 5.97 Å². The van der Waals surface area contributed by atoms with Crippen molar-refractivity contribution < 1.29 is 14.7 Å². The highest BCUT2D eigenvalue weighted by atomic mass is 16.4. The van der Waals surface area contributed by atoms with Gasteiger partial charge in [-0.05, 0) is 31.1 Å². The maximum Gasteiger partial charge on any atom is 0.317 e. The Balaban J connectivity index is 4.35. The largest absolute Gasteiger partial charge is 0.481 e. The maximum absolute atomic E-state index is 12.1. The Morgan fingerprint density at radius 2 is 1.70 bits per heavy atom. The van der Waals surface area contributed by atoms with Crippen molar-refractivity contribution >= 4 is 12.0 Å². The van der Waals surface area contributed by atoms with Gasteiger partial charge >= 0.3 is 12.0 Å². The number of nitrogens with one attached hydrogen (secondary N) is 1. The van der Waals surface area contributed by atoms with Crippen LogP contribution in [-0.4, -0.2) is 41.6 Å². The number of urea groups is 1. The summed E-state index contributed by atoms with van der Waals surface area (Å²) in [5.41, 5.74) is 0. The Hall–Kier alpha value is -1.26. The number of hydrogen-bond donors (Lipinski definition) is 2. The van der Waals surface area contributed by atoms with Crippen molar-refractivity contribution in [3.8, 4) is 0 Å². The molecule has 0 spiro atoms.